The van der Waals surface area contributed by atoms with E-state index in [1.54, 1.807) is 20.8 Å². The van der Waals surface area contributed by atoms with Gasteiger partial charge in [0.05, 0.1) is 6.61 Å². The van der Waals surface area contributed by atoms with Crippen molar-refractivity contribution in [1.82, 2.24) is 0 Å². The monoisotopic (exact) mass is 555 g/mol. The number of alkyl halides is 1. The fourth-order valence-corrected chi connectivity index (χ4v) is 3.85. The first kappa shape index (κ1) is 32.0. The Hall–Kier alpha value is -3.25. The smallest absolute Gasteiger partial charge is 0.331 e. The van der Waals surface area contributed by atoms with E-state index in [1.807, 2.05) is 0 Å². The highest BCUT2D eigenvalue weighted by Crippen LogP contribution is 2.28. The highest BCUT2D eigenvalue weighted by Gasteiger charge is 2.51. The molecule has 0 radical (unpaired) electrons. The van der Waals surface area contributed by atoms with E-state index < -0.39 is 60.7 Å². The van der Waals surface area contributed by atoms with E-state index in [4.69, 9.17) is 29.4 Å². The molecule has 39 heavy (non-hydrogen) atoms. The molecule has 1 saturated heterocycles. The van der Waals surface area contributed by atoms with Crippen molar-refractivity contribution in [3.8, 4) is 5.75 Å². The van der Waals surface area contributed by atoms with Gasteiger partial charge in [-0.2, -0.15) is 0 Å². The zero-order valence-corrected chi connectivity index (χ0v) is 22.6. The number of nitrogens with two attached hydrogens (primary N) is 1. The summed E-state index contributed by atoms with van der Waals surface area (Å²) in [6.07, 6.45) is -4.40. The van der Waals surface area contributed by atoms with Crippen LogP contribution in [0.25, 0.3) is 0 Å². The second-order valence-electron chi connectivity index (χ2n) is 9.43. The molecule has 218 valence electrons. The fourth-order valence-electron chi connectivity index (χ4n) is 3.85. The van der Waals surface area contributed by atoms with Gasteiger partial charge in [0.25, 0.3) is 0 Å². The molecule has 12 heteroatoms. The number of rotatable bonds is 14. The molecule has 1 unspecified atom stereocenters. The molecular formula is C27H38FNO10. The Labute approximate surface area is 227 Å². The van der Waals surface area contributed by atoms with Crippen molar-refractivity contribution in [2.45, 2.75) is 95.9 Å². The first-order chi connectivity index (χ1) is 18.6. The summed E-state index contributed by atoms with van der Waals surface area (Å²) < 4.78 is 41.6. The van der Waals surface area contributed by atoms with E-state index in [9.17, 15) is 28.7 Å². The number of hydrogen-bond donors (Lipinski definition) is 2. The first-order valence-corrected chi connectivity index (χ1v) is 13.1. The summed E-state index contributed by atoms with van der Waals surface area (Å²) in [6.45, 7) is 3.64. The van der Waals surface area contributed by atoms with Gasteiger partial charge in [-0.3, -0.25) is 14.4 Å². The van der Waals surface area contributed by atoms with Crippen molar-refractivity contribution in [2.75, 3.05) is 13.3 Å². The molecule has 1 fully saturated rings. The molecule has 0 aromatic heterocycles. The molecule has 0 bridgehead atoms. The Kier molecular flexibility index (Phi) is 12.6. The lowest BCUT2D eigenvalue weighted by atomic mass is 9.93. The lowest BCUT2D eigenvalue weighted by Gasteiger charge is -2.41. The van der Waals surface area contributed by atoms with E-state index in [0.717, 1.165) is 0 Å². The Morgan fingerprint density at radius 1 is 0.897 bits per heavy atom. The predicted molar refractivity (Wildman–Crippen MR) is 135 cm³/mol. The molecule has 5 atom stereocenters. The van der Waals surface area contributed by atoms with Gasteiger partial charge < -0.3 is 34.5 Å². The highest BCUT2D eigenvalue weighted by molar-refractivity contribution is 5.81. The Morgan fingerprint density at radius 2 is 1.41 bits per heavy atom. The standard InChI is InChI=1S/C27H38FNO10/c1-4-7-20(31)36-19-15-35-25(24(38-22(33)9-6-3)23(19)37-21(32)8-5-2)39-26(34)27(29,16-28)14-17-10-12-18(30)13-11-17/h10-13,19,23-25,30H,4-9,14-16,29H2,1-3H3/t19?,23-,24+,25-,27-/m0/s1. The number of aromatic hydroxyl groups is 1. The van der Waals surface area contributed by atoms with Crippen LogP contribution in [0, 0.1) is 0 Å². The maximum atomic E-state index is 14.1. The zero-order valence-electron chi connectivity index (χ0n) is 22.6. The molecule has 0 aliphatic carbocycles. The van der Waals surface area contributed by atoms with Crippen molar-refractivity contribution < 1.29 is 52.4 Å². The van der Waals surface area contributed by atoms with Crippen LogP contribution in [0.2, 0.25) is 0 Å². The molecule has 1 aromatic rings. The number of benzene rings is 1. The quantitative estimate of drug-likeness (QED) is 0.256. The lowest BCUT2D eigenvalue weighted by Crippen LogP contribution is -2.61. The fraction of sp³-hybridized carbons (Fsp3) is 0.630. The molecule has 1 heterocycles. The van der Waals surface area contributed by atoms with Gasteiger partial charge in [0.15, 0.2) is 12.2 Å². The van der Waals surface area contributed by atoms with Crippen LogP contribution in [0.1, 0.15) is 64.9 Å². The number of esters is 4. The molecule has 3 N–H and O–H groups in total. The Morgan fingerprint density at radius 3 is 1.92 bits per heavy atom. The van der Waals surface area contributed by atoms with Gasteiger partial charge >= 0.3 is 23.9 Å². The van der Waals surface area contributed by atoms with Crippen LogP contribution in [0.4, 0.5) is 4.39 Å². The topological polar surface area (TPSA) is 161 Å². The van der Waals surface area contributed by atoms with Gasteiger partial charge in [0.2, 0.25) is 12.4 Å². The number of ether oxygens (including phenoxy) is 5. The van der Waals surface area contributed by atoms with Gasteiger partial charge in [0, 0.05) is 25.7 Å². The predicted octanol–water partition coefficient (Wildman–Crippen LogP) is 2.64. The first-order valence-electron chi connectivity index (χ1n) is 13.1. The maximum Gasteiger partial charge on any atom is 0.331 e. The largest absolute Gasteiger partial charge is 0.508 e. The second-order valence-corrected chi connectivity index (χ2v) is 9.43. The average Bonchev–Trinajstić information content (AvgIpc) is 2.89. The summed E-state index contributed by atoms with van der Waals surface area (Å²) in [5.41, 5.74) is 4.39. The van der Waals surface area contributed by atoms with Crippen molar-refractivity contribution in [3.63, 3.8) is 0 Å². The third-order valence-electron chi connectivity index (χ3n) is 5.89. The van der Waals surface area contributed by atoms with Crippen molar-refractivity contribution in [2.24, 2.45) is 5.73 Å². The lowest BCUT2D eigenvalue weighted by molar-refractivity contribution is -0.277. The minimum atomic E-state index is -2.14. The Bertz CT molecular complexity index is 972. The van der Waals surface area contributed by atoms with Crippen molar-refractivity contribution in [1.29, 1.82) is 0 Å². The third-order valence-corrected chi connectivity index (χ3v) is 5.89. The molecule has 0 spiro atoms. The van der Waals surface area contributed by atoms with Crippen molar-refractivity contribution >= 4 is 23.9 Å². The normalized spacial score (nSPS) is 22.3. The minimum absolute atomic E-state index is 0.000753. The summed E-state index contributed by atoms with van der Waals surface area (Å²) in [4.78, 5) is 50.3. The van der Waals surface area contributed by atoms with Gasteiger partial charge in [-0.25, -0.2) is 9.18 Å². The van der Waals surface area contributed by atoms with Crippen molar-refractivity contribution in [3.05, 3.63) is 29.8 Å². The minimum Gasteiger partial charge on any atom is -0.508 e. The summed E-state index contributed by atoms with van der Waals surface area (Å²) in [5.74, 6) is -3.14. The number of carbonyl (C=O) groups is 4. The molecule has 1 aliphatic rings. The van der Waals surface area contributed by atoms with E-state index in [1.165, 1.54) is 24.3 Å². The summed E-state index contributed by atoms with van der Waals surface area (Å²) in [6, 6.07) is 5.68. The number of carbonyl (C=O) groups excluding carboxylic acids is 4. The number of halogens is 1. The molecule has 0 amide bonds. The molecule has 1 aliphatic heterocycles. The Balaban J connectivity index is 2.34. The molecule has 1 aromatic carbocycles. The van der Waals surface area contributed by atoms with E-state index >= 15 is 0 Å². The zero-order chi connectivity index (χ0) is 29.0. The number of phenols is 1. The van der Waals surface area contributed by atoms with E-state index in [2.05, 4.69) is 0 Å². The van der Waals surface area contributed by atoms with E-state index in [-0.39, 0.29) is 38.0 Å². The maximum absolute atomic E-state index is 14.1. The number of hydrogen-bond acceptors (Lipinski definition) is 11. The van der Waals surface area contributed by atoms with Crippen LogP contribution in [0.5, 0.6) is 5.75 Å². The summed E-state index contributed by atoms with van der Waals surface area (Å²) in [7, 11) is 0. The summed E-state index contributed by atoms with van der Waals surface area (Å²) >= 11 is 0. The van der Waals surface area contributed by atoms with E-state index in [0.29, 0.717) is 24.8 Å². The van der Waals surface area contributed by atoms with Crippen LogP contribution < -0.4 is 5.73 Å². The average molecular weight is 556 g/mol. The van der Waals surface area contributed by atoms with Crippen LogP contribution >= 0.6 is 0 Å². The number of phenolic OH excluding ortho intramolecular Hbond substituents is 1. The molecule has 11 nitrogen and oxygen atoms in total. The van der Waals surface area contributed by atoms with Gasteiger partial charge in [-0.05, 0) is 37.0 Å². The van der Waals surface area contributed by atoms with Crippen LogP contribution in [0.15, 0.2) is 24.3 Å². The summed E-state index contributed by atoms with van der Waals surface area (Å²) in [5, 5.41) is 9.48. The third kappa shape index (κ3) is 9.47. The van der Waals surface area contributed by atoms with Gasteiger partial charge in [-0.15, -0.1) is 0 Å². The van der Waals surface area contributed by atoms with Crippen LogP contribution in [-0.2, 0) is 49.3 Å². The highest BCUT2D eigenvalue weighted by atomic mass is 19.1. The molecular weight excluding hydrogens is 517 g/mol. The molecule has 2 rings (SSSR count). The SMILES string of the molecule is CCCC(=O)OC1CO[C@@H](OC(=O)[C@@](N)(CF)Cc2ccc(O)cc2)[C@H](OC(=O)CCC)[C@H]1OC(=O)CCC. The van der Waals surface area contributed by atoms with Crippen LogP contribution in [0.3, 0.4) is 0 Å². The van der Waals surface area contributed by atoms with Gasteiger partial charge in [-0.1, -0.05) is 32.9 Å². The second kappa shape index (κ2) is 15.4. The van der Waals surface area contributed by atoms with Crippen LogP contribution in [-0.4, -0.2) is 72.4 Å². The molecule has 0 saturated carbocycles. The van der Waals surface area contributed by atoms with Gasteiger partial charge in [0.1, 0.15) is 18.0 Å².